The van der Waals surface area contributed by atoms with E-state index in [4.69, 9.17) is 0 Å². The van der Waals surface area contributed by atoms with Crippen molar-refractivity contribution < 1.29 is 4.79 Å². The van der Waals surface area contributed by atoms with E-state index in [2.05, 4.69) is 18.3 Å². The first-order valence-corrected chi connectivity index (χ1v) is 7.41. The molecular formula is C16H23ClN2O. The van der Waals surface area contributed by atoms with Gasteiger partial charge in [-0.05, 0) is 37.3 Å². The summed E-state index contributed by atoms with van der Waals surface area (Å²) in [4.78, 5) is 14.8. The molecule has 1 aromatic rings. The van der Waals surface area contributed by atoms with Crippen LogP contribution in [0.4, 0.5) is 0 Å². The summed E-state index contributed by atoms with van der Waals surface area (Å²) in [6, 6.07) is 9.15. The van der Waals surface area contributed by atoms with Crippen molar-refractivity contribution in [2.45, 2.75) is 44.7 Å². The molecule has 1 aromatic carbocycles. The molecule has 3 rings (SSSR count). The zero-order chi connectivity index (χ0) is 13.2. The van der Waals surface area contributed by atoms with E-state index in [1.807, 2.05) is 23.1 Å². The van der Waals surface area contributed by atoms with E-state index in [-0.39, 0.29) is 18.3 Å². The highest BCUT2D eigenvalue weighted by Crippen LogP contribution is 2.22. The van der Waals surface area contributed by atoms with Gasteiger partial charge >= 0.3 is 0 Å². The van der Waals surface area contributed by atoms with Gasteiger partial charge in [-0.3, -0.25) is 4.79 Å². The van der Waals surface area contributed by atoms with Gasteiger partial charge in [0.15, 0.2) is 0 Å². The molecular weight excluding hydrogens is 272 g/mol. The first-order valence-electron chi connectivity index (χ1n) is 7.41. The Morgan fingerprint density at radius 2 is 2.00 bits per heavy atom. The maximum Gasteiger partial charge on any atom is 0.254 e. The van der Waals surface area contributed by atoms with E-state index >= 15 is 0 Å². The summed E-state index contributed by atoms with van der Waals surface area (Å²) in [5.74, 6) is 0.215. The molecule has 0 saturated carbocycles. The SMILES string of the molecule is CCc1ccccc1C(=O)N1CCC2CCC(C1)N2.Cl. The summed E-state index contributed by atoms with van der Waals surface area (Å²) < 4.78 is 0. The Morgan fingerprint density at radius 3 is 2.80 bits per heavy atom. The minimum atomic E-state index is 0. The molecule has 0 radical (unpaired) electrons. The van der Waals surface area contributed by atoms with Gasteiger partial charge in [0.2, 0.25) is 0 Å². The Labute approximate surface area is 127 Å². The lowest BCUT2D eigenvalue weighted by molar-refractivity contribution is 0.0747. The molecule has 2 aliphatic rings. The quantitative estimate of drug-likeness (QED) is 0.909. The fourth-order valence-electron chi connectivity index (χ4n) is 3.34. The number of benzene rings is 1. The number of likely N-dealkylation sites (tertiary alicyclic amines) is 1. The van der Waals surface area contributed by atoms with E-state index in [1.165, 1.54) is 12.8 Å². The molecule has 2 bridgehead atoms. The second-order valence-electron chi connectivity index (χ2n) is 5.69. The van der Waals surface area contributed by atoms with Crippen molar-refractivity contribution in [3.63, 3.8) is 0 Å². The smallest absolute Gasteiger partial charge is 0.254 e. The zero-order valence-electron chi connectivity index (χ0n) is 12.0. The second-order valence-corrected chi connectivity index (χ2v) is 5.69. The Morgan fingerprint density at radius 1 is 1.25 bits per heavy atom. The molecule has 3 nitrogen and oxygen atoms in total. The van der Waals surface area contributed by atoms with Crippen molar-refractivity contribution in [3.05, 3.63) is 35.4 Å². The van der Waals surface area contributed by atoms with Crippen LogP contribution in [0.3, 0.4) is 0 Å². The number of carbonyl (C=O) groups excluding carboxylic acids is 1. The van der Waals surface area contributed by atoms with Crippen molar-refractivity contribution >= 4 is 18.3 Å². The largest absolute Gasteiger partial charge is 0.337 e. The highest BCUT2D eigenvalue weighted by atomic mass is 35.5. The van der Waals surface area contributed by atoms with Gasteiger partial charge in [0.25, 0.3) is 5.91 Å². The standard InChI is InChI=1S/C16H22N2O.ClH/c1-2-12-5-3-4-6-15(12)16(19)18-10-9-13-7-8-14(11-18)17-13;/h3-6,13-14,17H,2,7-11H2,1H3;1H. The van der Waals surface area contributed by atoms with Crippen molar-refractivity contribution in [1.29, 1.82) is 0 Å². The Kier molecular flexibility index (Phi) is 5.06. The van der Waals surface area contributed by atoms with Gasteiger partial charge in [0.1, 0.15) is 0 Å². The van der Waals surface area contributed by atoms with Crippen LogP contribution in [0.1, 0.15) is 42.1 Å². The van der Waals surface area contributed by atoms with Gasteiger partial charge in [-0.1, -0.05) is 25.1 Å². The number of nitrogens with zero attached hydrogens (tertiary/aromatic N) is 1. The normalized spacial score (nSPS) is 24.9. The van der Waals surface area contributed by atoms with Crippen molar-refractivity contribution in [1.82, 2.24) is 10.2 Å². The Bertz CT molecular complexity index is 477. The molecule has 0 aliphatic carbocycles. The predicted molar refractivity (Wildman–Crippen MR) is 83.5 cm³/mol. The summed E-state index contributed by atoms with van der Waals surface area (Å²) >= 11 is 0. The monoisotopic (exact) mass is 294 g/mol. The lowest BCUT2D eigenvalue weighted by Gasteiger charge is -2.25. The van der Waals surface area contributed by atoms with Crippen LogP contribution in [0.5, 0.6) is 0 Å². The fraction of sp³-hybridized carbons (Fsp3) is 0.562. The molecule has 2 heterocycles. The van der Waals surface area contributed by atoms with E-state index < -0.39 is 0 Å². The van der Waals surface area contributed by atoms with Crippen LogP contribution >= 0.6 is 12.4 Å². The second kappa shape index (κ2) is 6.59. The van der Waals surface area contributed by atoms with Gasteiger partial charge in [-0.25, -0.2) is 0 Å². The van der Waals surface area contributed by atoms with Crippen molar-refractivity contribution in [3.8, 4) is 0 Å². The number of hydrogen-bond donors (Lipinski definition) is 1. The number of hydrogen-bond acceptors (Lipinski definition) is 2. The molecule has 0 aromatic heterocycles. The number of amides is 1. The lowest BCUT2D eigenvalue weighted by Crippen LogP contribution is -2.39. The molecule has 1 N–H and O–H groups in total. The number of rotatable bonds is 2. The number of carbonyl (C=O) groups is 1. The lowest BCUT2D eigenvalue weighted by atomic mass is 10.0. The highest BCUT2D eigenvalue weighted by molar-refractivity contribution is 5.95. The summed E-state index contributed by atoms with van der Waals surface area (Å²) in [7, 11) is 0. The summed E-state index contributed by atoms with van der Waals surface area (Å²) in [5, 5.41) is 3.62. The topological polar surface area (TPSA) is 32.3 Å². The van der Waals surface area contributed by atoms with E-state index in [1.54, 1.807) is 0 Å². The highest BCUT2D eigenvalue weighted by Gasteiger charge is 2.31. The van der Waals surface area contributed by atoms with Gasteiger partial charge in [-0.2, -0.15) is 0 Å². The summed E-state index contributed by atoms with van der Waals surface area (Å²) in [6.07, 6.45) is 4.50. The third-order valence-electron chi connectivity index (χ3n) is 4.44. The number of fused-ring (bicyclic) bond motifs is 2. The average molecular weight is 295 g/mol. The van der Waals surface area contributed by atoms with Crippen LogP contribution in [0, 0.1) is 0 Å². The molecule has 2 atom stereocenters. The Balaban J connectivity index is 0.00000147. The first-order chi connectivity index (χ1) is 9.28. The predicted octanol–water partition coefficient (Wildman–Crippen LogP) is 2.64. The molecule has 1 amide bonds. The summed E-state index contributed by atoms with van der Waals surface area (Å²) in [6.45, 7) is 3.87. The minimum Gasteiger partial charge on any atom is -0.337 e. The third-order valence-corrected chi connectivity index (χ3v) is 4.44. The maximum atomic E-state index is 12.7. The third kappa shape index (κ3) is 2.99. The zero-order valence-corrected chi connectivity index (χ0v) is 12.8. The van der Waals surface area contributed by atoms with Gasteiger partial charge in [-0.15, -0.1) is 12.4 Å². The van der Waals surface area contributed by atoms with Gasteiger partial charge in [0, 0.05) is 30.7 Å². The molecule has 4 heteroatoms. The number of aryl methyl sites for hydroxylation is 1. The maximum absolute atomic E-state index is 12.7. The van der Waals surface area contributed by atoms with Crippen LogP contribution in [0.15, 0.2) is 24.3 Å². The molecule has 20 heavy (non-hydrogen) atoms. The Hall–Kier alpha value is -1.06. The number of halogens is 1. The van der Waals surface area contributed by atoms with E-state index in [9.17, 15) is 4.79 Å². The molecule has 2 fully saturated rings. The number of nitrogens with one attached hydrogen (secondary N) is 1. The van der Waals surface area contributed by atoms with Crippen molar-refractivity contribution in [2.24, 2.45) is 0 Å². The van der Waals surface area contributed by atoms with Crippen LogP contribution < -0.4 is 5.32 Å². The van der Waals surface area contributed by atoms with Crippen LogP contribution in [0.2, 0.25) is 0 Å². The van der Waals surface area contributed by atoms with Crippen molar-refractivity contribution in [2.75, 3.05) is 13.1 Å². The minimum absolute atomic E-state index is 0. The van der Waals surface area contributed by atoms with Crippen LogP contribution in [-0.4, -0.2) is 36.0 Å². The average Bonchev–Trinajstić information content (AvgIpc) is 2.77. The van der Waals surface area contributed by atoms with Crippen LogP contribution in [-0.2, 0) is 6.42 Å². The summed E-state index contributed by atoms with van der Waals surface area (Å²) in [5.41, 5.74) is 2.05. The fourth-order valence-corrected chi connectivity index (χ4v) is 3.34. The van der Waals surface area contributed by atoms with E-state index in [0.29, 0.717) is 12.1 Å². The van der Waals surface area contributed by atoms with Crippen LogP contribution in [0.25, 0.3) is 0 Å². The van der Waals surface area contributed by atoms with Gasteiger partial charge < -0.3 is 10.2 Å². The van der Waals surface area contributed by atoms with E-state index in [0.717, 1.165) is 37.1 Å². The molecule has 110 valence electrons. The molecule has 2 saturated heterocycles. The molecule has 2 aliphatic heterocycles. The van der Waals surface area contributed by atoms with Gasteiger partial charge in [0.05, 0.1) is 0 Å². The molecule has 0 spiro atoms. The first kappa shape index (κ1) is 15.3. The molecule has 2 unspecified atom stereocenters.